The monoisotopic (exact) mass is 398 g/mol. The van der Waals surface area contributed by atoms with Crippen molar-refractivity contribution < 1.29 is 14.2 Å². The van der Waals surface area contributed by atoms with Crippen LogP contribution in [0.1, 0.15) is 75.7 Å². The van der Waals surface area contributed by atoms with E-state index in [0.717, 1.165) is 27.8 Å². The molecule has 4 heteroatoms. The highest BCUT2D eigenvalue weighted by molar-refractivity contribution is 7.64. The lowest BCUT2D eigenvalue weighted by molar-refractivity contribution is 0.0988. The zero-order valence-corrected chi connectivity index (χ0v) is 19.0. The lowest BCUT2D eigenvalue weighted by Gasteiger charge is -2.22. The van der Waals surface area contributed by atoms with Gasteiger partial charge in [-0.15, -0.1) is 0 Å². The smallest absolute Gasteiger partial charge is 0.219 e. The van der Waals surface area contributed by atoms with E-state index in [-0.39, 0.29) is 29.3 Å². The summed E-state index contributed by atoms with van der Waals surface area (Å²) in [5.41, 5.74) is 5.62. The molecule has 2 aromatic carbocycles. The van der Waals surface area contributed by atoms with E-state index in [2.05, 4.69) is 20.8 Å². The Hall–Kier alpha value is -1.99. The van der Waals surface area contributed by atoms with Crippen molar-refractivity contribution in [3.05, 3.63) is 69.3 Å². The summed E-state index contributed by atoms with van der Waals surface area (Å²) in [6.07, 6.45) is 0.253. The summed E-state index contributed by atoms with van der Waals surface area (Å²) in [4.78, 5) is 25.5. The fourth-order valence-corrected chi connectivity index (χ4v) is 4.97. The Balaban J connectivity index is 2.18. The molecular formula is C24H31O3P. The Bertz CT molecular complexity index is 906. The Morgan fingerprint density at radius 3 is 1.82 bits per heavy atom. The normalized spacial score (nSPS) is 12.7. The van der Waals surface area contributed by atoms with Crippen LogP contribution in [-0.2, 0) is 9.98 Å². The van der Waals surface area contributed by atoms with E-state index in [1.165, 1.54) is 0 Å². The highest BCUT2D eigenvalue weighted by atomic mass is 31.1. The van der Waals surface area contributed by atoms with E-state index in [1.807, 2.05) is 58.0 Å². The van der Waals surface area contributed by atoms with Crippen LogP contribution in [0.2, 0.25) is 0 Å². The minimum absolute atomic E-state index is 0.0137. The van der Waals surface area contributed by atoms with Gasteiger partial charge in [-0.3, -0.25) is 9.59 Å². The molecule has 0 aromatic heterocycles. The van der Waals surface area contributed by atoms with Crippen molar-refractivity contribution in [1.29, 1.82) is 0 Å². The highest BCUT2D eigenvalue weighted by Gasteiger charge is 2.23. The third kappa shape index (κ3) is 4.89. The molecule has 0 saturated heterocycles. The summed E-state index contributed by atoms with van der Waals surface area (Å²) in [6.45, 7) is 14.0. The molecule has 0 N–H and O–H groups in total. The first-order valence-corrected chi connectivity index (χ1v) is 11.3. The summed E-state index contributed by atoms with van der Waals surface area (Å²) >= 11 is 0. The van der Waals surface area contributed by atoms with Crippen LogP contribution in [0.15, 0.2) is 30.3 Å². The van der Waals surface area contributed by atoms with Crippen molar-refractivity contribution in [3.8, 4) is 0 Å². The van der Waals surface area contributed by atoms with Crippen LogP contribution in [0.25, 0.3) is 0 Å². The molecule has 28 heavy (non-hydrogen) atoms. The van der Waals surface area contributed by atoms with Crippen molar-refractivity contribution in [2.24, 2.45) is 0 Å². The number of hydrogen-bond acceptors (Lipinski definition) is 3. The van der Waals surface area contributed by atoms with Crippen LogP contribution in [0.5, 0.6) is 0 Å². The van der Waals surface area contributed by atoms with Crippen LogP contribution >= 0.6 is 7.80 Å². The first kappa shape index (κ1) is 22.3. The third-order valence-electron chi connectivity index (χ3n) is 5.22. The second kappa shape index (κ2) is 8.57. The lowest BCUT2D eigenvalue weighted by Crippen LogP contribution is -2.13. The average Bonchev–Trinajstić information content (AvgIpc) is 2.57. The molecule has 0 fully saturated rings. The van der Waals surface area contributed by atoms with Gasteiger partial charge < -0.3 is 4.57 Å². The number of carbonyl (C=O) groups excluding carboxylic acids is 2. The Morgan fingerprint density at radius 2 is 1.36 bits per heavy atom. The predicted molar refractivity (Wildman–Crippen MR) is 118 cm³/mol. The van der Waals surface area contributed by atoms with Crippen molar-refractivity contribution in [2.45, 2.75) is 60.3 Å². The Morgan fingerprint density at radius 1 is 0.857 bits per heavy atom. The molecule has 2 rings (SSSR count). The van der Waals surface area contributed by atoms with Gasteiger partial charge in [0.2, 0.25) is 5.52 Å². The second-order valence-corrected chi connectivity index (χ2v) is 10.5. The molecule has 0 radical (unpaired) electrons. The molecule has 0 saturated carbocycles. The lowest BCUT2D eigenvalue weighted by atomic mass is 9.84. The fourth-order valence-electron chi connectivity index (χ4n) is 3.61. The van der Waals surface area contributed by atoms with E-state index in [4.69, 9.17) is 0 Å². The van der Waals surface area contributed by atoms with Gasteiger partial charge in [-0.1, -0.05) is 51.1 Å². The Labute approximate surface area is 169 Å². The van der Waals surface area contributed by atoms with Crippen LogP contribution < -0.4 is 0 Å². The summed E-state index contributed by atoms with van der Waals surface area (Å²) < 4.78 is 12.7. The number of Topliss-reactive ketones (excluding diaryl/α,β-unsaturated/α-hetero) is 1. The number of carbonyl (C=O) groups is 2. The van der Waals surface area contributed by atoms with Crippen molar-refractivity contribution in [2.75, 3.05) is 6.16 Å². The molecule has 2 aromatic rings. The summed E-state index contributed by atoms with van der Waals surface area (Å²) in [5, 5.41) is 0. The van der Waals surface area contributed by atoms with Gasteiger partial charge in [0.05, 0.1) is 0 Å². The van der Waals surface area contributed by atoms with Crippen LogP contribution in [0.4, 0.5) is 0 Å². The maximum atomic E-state index is 12.9. The number of ketones is 1. The van der Waals surface area contributed by atoms with Gasteiger partial charge in [0.15, 0.2) is 5.78 Å². The zero-order valence-electron chi connectivity index (χ0n) is 18.0. The highest BCUT2D eigenvalue weighted by Crippen LogP contribution is 2.34. The molecule has 0 bridgehead atoms. The minimum Gasteiger partial charge on any atom is -0.318 e. The van der Waals surface area contributed by atoms with Crippen molar-refractivity contribution in [3.63, 3.8) is 0 Å². The van der Waals surface area contributed by atoms with Crippen LogP contribution in [0, 0.1) is 27.7 Å². The molecule has 0 amide bonds. The topological polar surface area (TPSA) is 51.2 Å². The molecule has 3 nitrogen and oxygen atoms in total. The van der Waals surface area contributed by atoms with Gasteiger partial charge in [0, 0.05) is 23.7 Å². The van der Waals surface area contributed by atoms with Gasteiger partial charge >= 0.3 is 0 Å². The second-order valence-electron chi connectivity index (χ2n) is 8.68. The number of benzene rings is 2. The SMILES string of the molecule is Cc1cccc(C)c1C(=O)CC[PH](=O)C(=O)c1c(C)cc(C(C)(C)C)cc1C. The predicted octanol–water partition coefficient (Wildman–Crippen LogP) is 6.19. The molecule has 1 atom stereocenters. The van der Waals surface area contributed by atoms with E-state index >= 15 is 0 Å². The molecule has 0 heterocycles. The summed E-state index contributed by atoms with van der Waals surface area (Å²) in [6, 6.07) is 9.74. The maximum absolute atomic E-state index is 12.9. The van der Waals surface area contributed by atoms with Crippen molar-refractivity contribution in [1.82, 2.24) is 0 Å². The number of hydrogen-bond donors (Lipinski definition) is 0. The van der Waals surface area contributed by atoms with Gasteiger partial charge in [0.25, 0.3) is 0 Å². The van der Waals surface area contributed by atoms with Gasteiger partial charge in [-0.2, -0.15) is 0 Å². The molecule has 0 spiro atoms. The maximum Gasteiger partial charge on any atom is 0.219 e. The quantitative estimate of drug-likeness (QED) is 0.430. The van der Waals surface area contributed by atoms with E-state index in [0.29, 0.717) is 11.1 Å². The molecule has 150 valence electrons. The van der Waals surface area contributed by atoms with E-state index < -0.39 is 7.80 Å². The first-order valence-electron chi connectivity index (χ1n) is 9.72. The van der Waals surface area contributed by atoms with Crippen LogP contribution in [0.3, 0.4) is 0 Å². The standard InChI is InChI=1S/C24H31O3P/c1-15-9-8-10-16(2)21(15)20(25)11-12-28(27)23(26)22-17(3)13-19(14-18(22)4)24(5,6)7/h8-10,13-14,28H,11-12H2,1-7H3. The fraction of sp³-hybridized carbons (Fsp3) is 0.417. The largest absolute Gasteiger partial charge is 0.318 e. The Kier molecular flexibility index (Phi) is 6.83. The minimum atomic E-state index is -2.55. The van der Waals surface area contributed by atoms with Crippen molar-refractivity contribution >= 4 is 19.1 Å². The van der Waals surface area contributed by atoms with Gasteiger partial charge in [-0.25, -0.2) is 0 Å². The van der Waals surface area contributed by atoms with E-state index in [1.54, 1.807) is 0 Å². The molecule has 0 aliphatic carbocycles. The number of aryl methyl sites for hydroxylation is 4. The first-order chi connectivity index (χ1) is 12.9. The molecule has 0 aliphatic rings. The molecular weight excluding hydrogens is 367 g/mol. The van der Waals surface area contributed by atoms with E-state index in [9.17, 15) is 14.2 Å². The number of rotatable bonds is 6. The zero-order chi connectivity index (χ0) is 21.2. The molecule has 1 unspecified atom stereocenters. The van der Waals surface area contributed by atoms with Gasteiger partial charge in [0.1, 0.15) is 7.80 Å². The summed E-state index contributed by atoms with van der Waals surface area (Å²) in [5.74, 6) is -0.0433. The average molecular weight is 398 g/mol. The van der Waals surface area contributed by atoms with Gasteiger partial charge in [-0.05, 0) is 60.9 Å². The molecule has 0 aliphatic heterocycles. The van der Waals surface area contributed by atoms with Crippen LogP contribution in [-0.4, -0.2) is 17.5 Å². The summed E-state index contributed by atoms with van der Waals surface area (Å²) in [7, 11) is -2.55. The third-order valence-corrected chi connectivity index (χ3v) is 6.68.